The highest BCUT2D eigenvalue weighted by Crippen LogP contribution is 2.34. The van der Waals surface area contributed by atoms with E-state index in [-0.39, 0.29) is 0 Å². The summed E-state index contributed by atoms with van der Waals surface area (Å²) in [7, 11) is 1.64. The highest BCUT2D eigenvalue weighted by molar-refractivity contribution is 7.99. The van der Waals surface area contributed by atoms with E-state index in [2.05, 4.69) is 6.07 Å². The Balaban J connectivity index is 1.58. The first-order valence-electron chi connectivity index (χ1n) is 11.4. The number of ether oxygens (including phenoxy) is 2. The van der Waals surface area contributed by atoms with Gasteiger partial charge in [0.15, 0.2) is 11.5 Å². The summed E-state index contributed by atoms with van der Waals surface area (Å²) in [6.07, 6.45) is 4.00. The van der Waals surface area contributed by atoms with Crippen molar-refractivity contribution < 1.29 is 9.47 Å². The Morgan fingerprint density at radius 2 is 1.63 bits per heavy atom. The van der Waals surface area contributed by atoms with Crippen molar-refractivity contribution >= 4 is 17.8 Å². The number of pyridine rings is 1. The third kappa shape index (κ3) is 5.92. The molecule has 0 saturated heterocycles. The second-order valence-electron chi connectivity index (χ2n) is 7.69. The van der Waals surface area contributed by atoms with Crippen molar-refractivity contribution in [1.29, 1.82) is 5.26 Å². The lowest BCUT2D eigenvalue weighted by atomic mass is 9.99. The molecule has 174 valence electrons. The fourth-order valence-electron chi connectivity index (χ4n) is 3.73. The van der Waals surface area contributed by atoms with E-state index in [4.69, 9.17) is 14.5 Å². The highest BCUT2D eigenvalue weighted by Gasteiger charge is 2.16. The number of aromatic nitrogens is 1. The van der Waals surface area contributed by atoms with Gasteiger partial charge in [-0.25, -0.2) is 4.98 Å². The molecule has 0 amide bonds. The average Bonchev–Trinajstić information content (AvgIpc) is 2.92. The van der Waals surface area contributed by atoms with Crippen LogP contribution in [0.25, 0.3) is 28.5 Å². The highest BCUT2D eigenvalue weighted by atomic mass is 32.2. The Bertz CT molecular complexity index is 1350. The van der Waals surface area contributed by atoms with Gasteiger partial charge in [-0.3, -0.25) is 0 Å². The fourth-order valence-corrected chi connectivity index (χ4v) is 4.55. The van der Waals surface area contributed by atoms with Crippen molar-refractivity contribution in [2.45, 2.75) is 11.9 Å². The first kappa shape index (κ1) is 24.1. The van der Waals surface area contributed by atoms with Crippen LogP contribution in [0.4, 0.5) is 0 Å². The van der Waals surface area contributed by atoms with Gasteiger partial charge in [0, 0.05) is 16.9 Å². The molecule has 0 N–H and O–H groups in total. The number of nitriles is 1. The van der Waals surface area contributed by atoms with E-state index in [9.17, 15) is 5.26 Å². The largest absolute Gasteiger partial charge is 0.493 e. The first-order chi connectivity index (χ1) is 17.2. The molecule has 0 unspecified atom stereocenters. The molecule has 0 saturated carbocycles. The summed E-state index contributed by atoms with van der Waals surface area (Å²) in [6, 6.07) is 30.3. The zero-order valence-electron chi connectivity index (χ0n) is 19.8. The normalized spacial score (nSPS) is 10.8. The van der Waals surface area contributed by atoms with E-state index in [1.54, 1.807) is 7.11 Å². The van der Waals surface area contributed by atoms with E-state index in [0.29, 0.717) is 34.4 Å². The van der Waals surface area contributed by atoms with E-state index in [1.165, 1.54) is 11.8 Å². The first-order valence-corrected chi connectivity index (χ1v) is 12.3. The van der Waals surface area contributed by atoms with Crippen LogP contribution in [-0.4, -0.2) is 24.5 Å². The molecule has 4 rings (SSSR count). The van der Waals surface area contributed by atoms with Gasteiger partial charge in [-0.15, -0.1) is 11.8 Å². The molecule has 0 atom stereocenters. The fraction of sp³-hybridized carbons (Fsp3) is 0.133. The number of hydrogen-bond acceptors (Lipinski definition) is 5. The summed E-state index contributed by atoms with van der Waals surface area (Å²) in [5.41, 5.74) is 5.36. The molecule has 0 bridgehead atoms. The van der Waals surface area contributed by atoms with Crippen molar-refractivity contribution in [3.8, 4) is 40.0 Å². The molecule has 0 aliphatic heterocycles. The second-order valence-corrected chi connectivity index (χ2v) is 8.77. The average molecular weight is 479 g/mol. The molecular formula is C30H26N2O2S. The maximum absolute atomic E-state index is 10.0. The van der Waals surface area contributed by atoms with Crippen molar-refractivity contribution in [2.75, 3.05) is 19.5 Å². The van der Waals surface area contributed by atoms with Gasteiger partial charge in [0.2, 0.25) is 0 Å². The minimum atomic E-state index is 0.451. The van der Waals surface area contributed by atoms with Gasteiger partial charge in [0.25, 0.3) is 0 Å². The molecule has 0 fully saturated rings. The number of rotatable bonds is 9. The molecule has 3 aromatic carbocycles. The molecule has 0 spiro atoms. The summed E-state index contributed by atoms with van der Waals surface area (Å²) >= 11 is 1.52. The molecule has 5 heteroatoms. The van der Waals surface area contributed by atoms with E-state index in [1.807, 2.05) is 104 Å². The van der Waals surface area contributed by atoms with Crippen LogP contribution in [0.2, 0.25) is 0 Å². The molecule has 35 heavy (non-hydrogen) atoms. The molecule has 0 radical (unpaired) electrons. The Hall–Kier alpha value is -4.01. The van der Waals surface area contributed by atoms with Gasteiger partial charge in [-0.05, 0) is 36.2 Å². The number of hydrogen-bond donors (Lipinski definition) is 0. The second kappa shape index (κ2) is 11.9. The topological polar surface area (TPSA) is 55.1 Å². The molecule has 4 nitrogen and oxygen atoms in total. The number of benzene rings is 3. The molecule has 4 aromatic rings. The summed E-state index contributed by atoms with van der Waals surface area (Å²) in [4.78, 5) is 4.86. The zero-order chi connectivity index (χ0) is 24.5. The van der Waals surface area contributed by atoms with Crippen LogP contribution in [0.1, 0.15) is 18.1 Å². The molecule has 1 heterocycles. The maximum Gasteiger partial charge on any atom is 0.161 e. The quantitative estimate of drug-likeness (QED) is 0.184. The van der Waals surface area contributed by atoms with E-state index in [0.717, 1.165) is 27.9 Å². The van der Waals surface area contributed by atoms with Gasteiger partial charge >= 0.3 is 0 Å². The number of allylic oxidation sites excluding steroid dienone is 1. The lowest BCUT2D eigenvalue weighted by Crippen LogP contribution is -2.03. The van der Waals surface area contributed by atoms with Gasteiger partial charge in [0.1, 0.15) is 11.1 Å². The lowest BCUT2D eigenvalue weighted by Gasteiger charge is -2.14. The van der Waals surface area contributed by atoms with Crippen molar-refractivity contribution in [1.82, 2.24) is 4.98 Å². The van der Waals surface area contributed by atoms with Crippen LogP contribution >= 0.6 is 11.8 Å². The van der Waals surface area contributed by atoms with Crippen LogP contribution in [0, 0.1) is 11.3 Å². The third-order valence-corrected chi connectivity index (χ3v) is 6.32. The SMILES string of the molecule is C/C=C/c1ccc(OCCSc2nc(-c3ccccc3)cc(-c3ccccc3)c2C#N)c(OC)c1. The molecule has 1 aromatic heterocycles. The van der Waals surface area contributed by atoms with Gasteiger partial charge < -0.3 is 9.47 Å². The Labute approximate surface area is 210 Å². The molecule has 0 aliphatic carbocycles. The predicted molar refractivity (Wildman–Crippen MR) is 144 cm³/mol. The van der Waals surface area contributed by atoms with Crippen molar-refractivity contribution in [3.05, 3.63) is 102 Å². The number of thioether (sulfide) groups is 1. The standard InChI is InChI=1S/C30H26N2O2S/c1-3-10-22-15-16-28(29(19-22)33-2)34-17-18-35-30-26(21-31)25(23-11-6-4-7-12-23)20-27(32-30)24-13-8-5-9-14-24/h3-16,19-20H,17-18H2,1-2H3/b10-3+. The van der Waals surface area contributed by atoms with Gasteiger partial charge in [-0.1, -0.05) is 78.9 Å². The summed E-state index contributed by atoms with van der Waals surface area (Å²) in [5.74, 6) is 2.02. The van der Waals surface area contributed by atoms with E-state index >= 15 is 0 Å². The van der Waals surface area contributed by atoms with E-state index < -0.39 is 0 Å². The van der Waals surface area contributed by atoms with Gasteiger partial charge in [0.05, 0.1) is 25.0 Å². The van der Waals surface area contributed by atoms with Crippen LogP contribution in [-0.2, 0) is 0 Å². The van der Waals surface area contributed by atoms with Crippen LogP contribution in [0.15, 0.2) is 96.0 Å². The maximum atomic E-state index is 10.0. The molecular weight excluding hydrogens is 452 g/mol. The summed E-state index contributed by atoms with van der Waals surface area (Å²) < 4.78 is 11.5. The Kier molecular flexibility index (Phi) is 8.21. The van der Waals surface area contributed by atoms with Gasteiger partial charge in [-0.2, -0.15) is 5.26 Å². The Morgan fingerprint density at radius 3 is 2.29 bits per heavy atom. The predicted octanol–water partition coefficient (Wildman–Crippen LogP) is 7.50. The van der Waals surface area contributed by atoms with Crippen LogP contribution < -0.4 is 9.47 Å². The third-order valence-electron chi connectivity index (χ3n) is 5.38. The number of nitrogens with zero attached hydrogens (tertiary/aromatic N) is 2. The molecule has 0 aliphatic rings. The Morgan fingerprint density at radius 1 is 0.914 bits per heavy atom. The smallest absolute Gasteiger partial charge is 0.161 e. The zero-order valence-corrected chi connectivity index (χ0v) is 20.6. The monoisotopic (exact) mass is 478 g/mol. The van der Waals surface area contributed by atoms with Crippen LogP contribution in [0.5, 0.6) is 11.5 Å². The van der Waals surface area contributed by atoms with Crippen molar-refractivity contribution in [3.63, 3.8) is 0 Å². The minimum Gasteiger partial charge on any atom is -0.493 e. The lowest BCUT2D eigenvalue weighted by molar-refractivity contribution is 0.313. The minimum absolute atomic E-state index is 0.451. The summed E-state index contributed by atoms with van der Waals surface area (Å²) in [5, 5.41) is 10.7. The van der Waals surface area contributed by atoms with Crippen molar-refractivity contribution in [2.24, 2.45) is 0 Å². The summed E-state index contributed by atoms with van der Waals surface area (Å²) in [6.45, 7) is 2.43. The number of methoxy groups -OCH3 is 1. The van der Waals surface area contributed by atoms with Crippen LogP contribution in [0.3, 0.4) is 0 Å².